The van der Waals surface area contributed by atoms with Crippen LogP contribution in [0.15, 0.2) is 30.3 Å². The summed E-state index contributed by atoms with van der Waals surface area (Å²) in [5.74, 6) is 3.52. The molecule has 6 heteroatoms. The predicted molar refractivity (Wildman–Crippen MR) is 96.8 cm³/mol. The van der Waals surface area contributed by atoms with Gasteiger partial charge in [0.1, 0.15) is 23.2 Å². The molecule has 0 amide bonds. The van der Waals surface area contributed by atoms with Gasteiger partial charge in [0.25, 0.3) is 0 Å². The number of piperazine rings is 1. The van der Waals surface area contributed by atoms with Gasteiger partial charge in [-0.25, -0.2) is 9.97 Å². The fourth-order valence-corrected chi connectivity index (χ4v) is 2.87. The number of anilines is 2. The molecule has 0 radical (unpaired) electrons. The maximum Gasteiger partial charge on any atom is 0.134 e. The molecule has 2 aromatic rings. The highest BCUT2D eigenvalue weighted by Crippen LogP contribution is 2.21. The van der Waals surface area contributed by atoms with E-state index in [4.69, 9.17) is 4.74 Å². The second-order valence-electron chi connectivity index (χ2n) is 6.11. The Balaban J connectivity index is 1.72. The van der Waals surface area contributed by atoms with E-state index in [1.54, 1.807) is 7.11 Å². The second kappa shape index (κ2) is 7.49. The molecule has 0 aliphatic carbocycles. The number of hydrogen-bond donors (Lipinski definition) is 1. The number of hydrogen-bond acceptors (Lipinski definition) is 6. The molecule has 1 fully saturated rings. The van der Waals surface area contributed by atoms with Crippen molar-refractivity contribution in [1.82, 2.24) is 14.9 Å². The van der Waals surface area contributed by atoms with E-state index in [0.29, 0.717) is 6.54 Å². The van der Waals surface area contributed by atoms with E-state index in [2.05, 4.69) is 38.2 Å². The lowest BCUT2D eigenvalue weighted by atomic mass is 10.2. The Bertz CT molecular complexity index is 683. The molecule has 1 aromatic heterocycles. The maximum absolute atomic E-state index is 5.40. The second-order valence-corrected chi connectivity index (χ2v) is 6.11. The Labute approximate surface area is 143 Å². The van der Waals surface area contributed by atoms with Gasteiger partial charge in [0.2, 0.25) is 0 Å². The van der Waals surface area contributed by atoms with Crippen molar-refractivity contribution < 1.29 is 4.74 Å². The van der Waals surface area contributed by atoms with E-state index >= 15 is 0 Å². The molecule has 0 unspecified atom stereocenters. The van der Waals surface area contributed by atoms with Crippen LogP contribution in [0, 0.1) is 6.92 Å². The van der Waals surface area contributed by atoms with Crippen molar-refractivity contribution >= 4 is 11.6 Å². The minimum absolute atomic E-state index is 0.669. The van der Waals surface area contributed by atoms with Gasteiger partial charge in [0, 0.05) is 44.4 Å². The molecular formula is C18H25N5O. The molecule has 128 valence electrons. The first-order valence-corrected chi connectivity index (χ1v) is 8.30. The van der Waals surface area contributed by atoms with Crippen LogP contribution < -0.4 is 15.0 Å². The van der Waals surface area contributed by atoms with E-state index in [9.17, 15) is 0 Å². The van der Waals surface area contributed by atoms with Gasteiger partial charge >= 0.3 is 0 Å². The van der Waals surface area contributed by atoms with E-state index in [1.807, 2.05) is 31.2 Å². The van der Waals surface area contributed by atoms with E-state index < -0.39 is 0 Å². The molecule has 1 aliphatic heterocycles. The van der Waals surface area contributed by atoms with Crippen molar-refractivity contribution in [2.45, 2.75) is 13.5 Å². The maximum atomic E-state index is 5.40. The van der Waals surface area contributed by atoms with Gasteiger partial charge in [-0.1, -0.05) is 18.2 Å². The van der Waals surface area contributed by atoms with Gasteiger partial charge in [-0.2, -0.15) is 0 Å². The summed E-state index contributed by atoms with van der Waals surface area (Å²) < 4.78 is 5.40. The Kier molecular flexibility index (Phi) is 5.15. The number of nitrogens with one attached hydrogen (secondary N) is 1. The predicted octanol–water partition coefficient (Wildman–Crippen LogP) is 2.16. The van der Waals surface area contributed by atoms with Crippen molar-refractivity contribution in [3.63, 3.8) is 0 Å². The average Bonchev–Trinajstić information content (AvgIpc) is 2.60. The van der Waals surface area contributed by atoms with Crippen LogP contribution in [0.25, 0.3) is 0 Å². The summed E-state index contributed by atoms with van der Waals surface area (Å²) in [6.45, 7) is 6.73. The van der Waals surface area contributed by atoms with Crippen molar-refractivity contribution in [3.05, 3.63) is 41.7 Å². The summed E-state index contributed by atoms with van der Waals surface area (Å²) in [5, 5.41) is 3.40. The molecule has 0 saturated carbocycles. The van der Waals surface area contributed by atoms with Crippen molar-refractivity contribution in [3.8, 4) is 5.75 Å². The van der Waals surface area contributed by atoms with Crippen molar-refractivity contribution in [2.75, 3.05) is 50.6 Å². The summed E-state index contributed by atoms with van der Waals surface area (Å²) in [4.78, 5) is 13.8. The lowest BCUT2D eigenvalue weighted by Gasteiger charge is -2.33. The van der Waals surface area contributed by atoms with E-state index in [-0.39, 0.29) is 0 Å². The van der Waals surface area contributed by atoms with Crippen LogP contribution in [-0.2, 0) is 6.54 Å². The molecule has 2 heterocycles. The minimum Gasteiger partial charge on any atom is -0.496 e. The van der Waals surface area contributed by atoms with Gasteiger partial charge in [0.05, 0.1) is 7.11 Å². The quantitative estimate of drug-likeness (QED) is 0.908. The lowest BCUT2D eigenvalue weighted by molar-refractivity contribution is 0.312. The molecule has 6 nitrogen and oxygen atoms in total. The molecule has 24 heavy (non-hydrogen) atoms. The third kappa shape index (κ3) is 3.94. The van der Waals surface area contributed by atoms with Gasteiger partial charge in [-0.15, -0.1) is 0 Å². The number of aryl methyl sites for hydroxylation is 1. The molecule has 1 aliphatic rings. The van der Waals surface area contributed by atoms with Crippen LogP contribution in [0.3, 0.4) is 0 Å². The highest BCUT2D eigenvalue weighted by Gasteiger charge is 2.16. The number of likely N-dealkylation sites (N-methyl/N-ethyl adjacent to an activating group) is 1. The summed E-state index contributed by atoms with van der Waals surface area (Å²) >= 11 is 0. The molecule has 1 N–H and O–H groups in total. The fourth-order valence-electron chi connectivity index (χ4n) is 2.87. The zero-order valence-electron chi connectivity index (χ0n) is 14.6. The van der Waals surface area contributed by atoms with Crippen LogP contribution in [0.1, 0.15) is 11.4 Å². The van der Waals surface area contributed by atoms with Crippen LogP contribution in [-0.4, -0.2) is 55.2 Å². The molecule has 1 aromatic carbocycles. The van der Waals surface area contributed by atoms with E-state index in [1.165, 1.54) is 0 Å². The van der Waals surface area contributed by atoms with Crippen LogP contribution in [0.5, 0.6) is 5.75 Å². The van der Waals surface area contributed by atoms with Crippen LogP contribution >= 0.6 is 0 Å². The average molecular weight is 327 g/mol. The third-order valence-electron chi connectivity index (χ3n) is 4.30. The van der Waals surface area contributed by atoms with Gasteiger partial charge in [-0.05, 0) is 20.0 Å². The summed E-state index contributed by atoms with van der Waals surface area (Å²) in [6.07, 6.45) is 0. The Morgan fingerprint density at radius 3 is 2.62 bits per heavy atom. The number of ether oxygens (including phenoxy) is 1. The van der Waals surface area contributed by atoms with Crippen LogP contribution in [0.4, 0.5) is 11.6 Å². The summed E-state index contributed by atoms with van der Waals surface area (Å²) in [6, 6.07) is 10.1. The van der Waals surface area contributed by atoms with Crippen molar-refractivity contribution in [2.24, 2.45) is 0 Å². The number of nitrogens with zero attached hydrogens (tertiary/aromatic N) is 4. The monoisotopic (exact) mass is 327 g/mol. The van der Waals surface area contributed by atoms with Crippen LogP contribution in [0.2, 0.25) is 0 Å². The zero-order chi connectivity index (χ0) is 16.9. The molecule has 1 saturated heterocycles. The van der Waals surface area contributed by atoms with Gasteiger partial charge in [0.15, 0.2) is 0 Å². The normalized spacial score (nSPS) is 15.4. The smallest absolute Gasteiger partial charge is 0.134 e. The molecular weight excluding hydrogens is 302 g/mol. The van der Waals surface area contributed by atoms with Crippen molar-refractivity contribution in [1.29, 1.82) is 0 Å². The topological polar surface area (TPSA) is 53.5 Å². The number of benzene rings is 1. The fraction of sp³-hybridized carbons (Fsp3) is 0.444. The Morgan fingerprint density at radius 2 is 1.88 bits per heavy atom. The minimum atomic E-state index is 0.669. The highest BCUT2D eigenvalue weighted by molar-refractivity contribution is 5.50. The van der Waals surface area contributed by atoms with Gasteiger partial charge in [-0.3, -0.25) is 0 Å². The molecule has 0 atom stereocenters. The molecule has 0 bridgehead atoms. The summed E-state index contributed by atoms with van der Waals surface area (Å²) in [7, 11) is 3.85. The largest absolute Gasteiger partial charge is 0.496 e. The number of para-hydroxylation sites is 1. The summed E-state index contributed by atoms with van der Waals surface area (Å²) in [5.41, 5.74) is 1.11. The zero-order valence-corrected chi connectivity index (χ0v) is 14.6. The number of methoxy groups -OCH3 is 1. The van der Waals surface area contributed by atoms with E-state index in [0.717, 1.165) is 55.0 Å². The Hall–Kier alpha value is -2.34. The first-order chi connectivity index (χ1) is 11.7. The third-order valence-corrected chi connectivity index (χ3v) is 4.30. The standard InChI is InChI=1S/C18H25N5O/c1-14-20-17(19-13-15-6-4-5-7-16(15)24-3)12-18(21-14)23-10-8-22(2)9-11-23/h4-7,12H,8-11,13H2,1-3H3,(H,19,20,21). The molecule has 0 spiro atoms. The Morgan fingerprint density at radius 1 is 1.12 bits per heavy atom. The number of aromatic nitrogens is 2. The first-order valence-electron chi connectivity index (χ1n) is 8.30. The molecule has 3 rings (SSSR count). The lowest BCUT2D eigenvalue weighted by Crippen LogP contribution is -2.44. The first kappa shape index (κ1) is 16.5. The van der Waals surface area contributed by atoms with Gasteiger partial charge < -0.3 is 19.9 Å². The highest BCUT2D eigenvalue weighted by atomic mass is 16.5. The number of rotatable bonds is 5. The SMILES string of the molecule is COc1ccccc1CNc1cc(N2CCN(C)CC2)nc(C)n1.